The molecule has 0 saturated carbocycles. The minimum absolute atomic E-state index is 0.162. The van der Waals surface area contributed by atoms with E-state index in [1.165, 1.54) is 18.2 Å². The molecule has 1 amide bonds. The summed E-state index contributed by atoms with van der Waals surface area (Å²) in [5, 5.41) is 11.3. The van der Waals surface area contributed by atoms with Gasteiger partial charge in [-0.05, 0) is 39.0 Å². The molecule has 0 unspecified atom stereocenters. The lowest BCUT2D eigenvalue weighted by atomic mass is 10.1. The number of alkyl carbamates (subject to hydrolysis) is 1. The fraction of sp³-hybridized carbons (Fsp3) is 0.400. The Labute approximate surface area is 123 Å². The van der Waals surface area contributed by atoms with Gasteiger partial charge in [0.15, 0.2) is 6.29 Å². The van der Waals surface area contributed by atoms with Crippen molar-refractivity contribution in [2.45, 2.75) is 26.4 Å². The third kappa shape index (κ3) is 5.95. The Bertz CT molecular complexity index is 556. The van der Waals surface area contributed by atoms with Gasteiger partial charge in [-0.25, -0.2) is 4.79 Å². The molecule has 21 heavy (non-hydrogen) atoms. The van der Waals surface area contributed by atoms with Crippen molar-refractivity contribution in [2.24, 2.45) is 0 Å². The second-order valence-electron chi connectivity index (χ2n) is 5.26. The number of hydrogen-bond acceptors (Lipinski definition) is 5. The van der Waals surface area contributed by atoms with E-state index in [9.17, 15) is 9.59 Å². The van der Waals surface area contributed by atoms with Gasteiger partial charge < -0.3 is 14.8 Å². The first-order valence-electron chi connectivity index (χ1n) is 6.44. The maximum absolute atomic E-state index is 11.4. The van der Waals surface area contributed by atoms with Crippen LogP contribution in [-0.2, 0) is 4.74 Å². The molecule has 6 nitrogen and oxygen atoms in total. The molecule has 1 aromatic carbocycles. The zero-order chi connectivity index (χ0) is 15.9. The highest BCUT2D eigenvalue weighted by atomic mass is 16.6. The van der Waals surface area contributed by atoms with Crippen molar-refractivity contribution in [3.8, 4) is 11.8 Å². The average Bonchev–Trinajstić information content (AvgIpc) is 2.41. The number of nitrogens with one attached hydrogen (secondary N) is 1. The fourth-order valence-electron chi connectivity index (χ4n) is 1.45. The van der Waals surface area contributed by atoms with Crippen molar-refractivity contribution < 1.29 is 19.1 Å². The molecular weight excluding hydrogens is 272 g/mol. The third-order valence-corrected chi connectivity index (χ3v) is 2.30. The summed E-state index contributed by atoms with van der Waals surface area (Å²) in [5.41, 5.74) is 0.193. The van der Waals surface area contributed by atoms with Crippen molar-refractivity contribution in [2.75, 3.05) is 13.2 Å². The maximum Gasteiger partial charge on any atom is 0.407 e. The number of aldehydes is 1. The maximum atomic E-state index is 11.4. The van der Waals surface area contributed by atoms with Gasteiger partial charge in [-0.2, -0.15) is 5.26 Å². The first kappa shape index (κ1) is 16.5. The second-order valence-corrected chi connectivity index (χ2v) is 5.26. The normalized spacial score (nSPS) is 10.4. The van der Waals surface area contributed by atoms with E-state index >= 15 is 0 Å². The number of nitrogens with zero attached hydrogens (tertiary/aromatic N) is 1. The number of benzene rings is 1. The molecule has 0 aliphatic carbocycles. The van der Waals surface area contributed by atoms with Crippen LogP contribution in [0.25, 0.3) is 0 Å². The quantitative estimate of drug-likeness (QED) is 0.664. The van der Waals surface area contributed by atoms with Gasteiger partial charge in [-0.15, -0.1) is 0 Å². The Morgan fingerprint density at radius 2 is 2.14 bits per heavy atom. The topological polar surface area (TPSA) is 88.4 Å². The van der Waals surface area contributed by atoms with Gasteiger partial charge in [0.25, 0.3) is 0 Å². The number of carbonyl (C=O) groups excluding carboxylic acids is 2. The summed E-state index contributed by atoms with van der Waals surface area (Å²) >= 11 is 0. The van der Waals surface area contributed by atoms with E-state index in [4.69, 9.17) is 14.7 Å². The van der Waals surface area contributed by atoms with Crippen LogP contribution in [0.2, 0.25) is 0 Å². The largest absolute Gasteiger partial charge is 0.491 e. The Morgan fingerprint density at radius 3 is 2.71 bits per heavy atom. The van der Waals surface area contributed by atoms with Crippen LogP contribution in [0, 0.1) is 11.3 Å². The van der Waals surface area contributed by atoms with Crippen molar-refractivity contribution in [1.29, 1.82) is 5.26 Å². The summed E-state index contributed by atoms with van der Waals surface area (Å²) in [5.74, 6) is 0.315. The molecule has 6 heteroatoms. The first-order chi connectivity index (χ1) is 9.85. The molecule has 0 spiro atoms. The molecule has 0 aliphatic heterocycles. The molecule has 0 radical (unpaired) electrons. The van der Waals surface area contributed by atoms with Crippen molar-refractivity contribution in [1.82, 2.24) is 5.32 Å². The van der Waals surface area contributed by atoms with Gasteiger partial charge in [0.2, 0.25) is 0 Å². The predicted octanol–water partition coefficient (Wildman–Crippen LogP) is 2.27. The monoisotopic (exact) mass is 290 g/mol. The number of ether oxygens (including phenoxy) is 2. The summed E-state index contributed by atoms with van der Waals surface area (Å²) in [6.45, 7) is 5.70. The fourth-order valence-corrected chi connectivity index (χ4v) is 1.45. The number of amides is 1. The molecule has 1 N–H and O–H groups in total. The molecule has 0 fully saturated rings. The highest BCUT2D eigenvalue weighted by Gasteiger charge is 2.15. The van der Waals surface area contributed by atoms with Gasteiger partial charge in [0.1, 0.15) is 18.0 Å². The van der Waals surface area contributed by atoms with Crippen LogP contribution >= 0.6 is 0 Å². The van der Waals surface area contributed by atoms with Crippen LogP contribution in [0.15, 0.2) is 18.2 Å². The summed E-state index contributed by atoms with van der Waals surface area (Å²) in [4.78, 5) is 22.3. The molecule has 0 bridgehead atoms. The van der Waals surface area contributed by atoms with E-state index in [1.807, 2.05) is 6.07 Å². The van der Waals surface area contributed by atoms with Crippen LogP contribution in [0.3, 0.4) is 0 Å². The highest BCUT2D eigenvalue weighted by Crippen LogP contribution is 2.18. The van der Waals surface area contributed by atoms with Crippen molar-refractivity contribution >= 4 is 12.4 Å². The van der Waals surface area contributed by atoms with E-state index in [0.717, 1.165) is 0 Å². The predicted molar refractivity (Wildman–Crippen MR) is 76.3 cm³/mol. The Kier molecular flexibility index (Phi) is 5.73. The summed E-state index contributed by atoms with van der Waals surface area (Å²) < 4.78 is 10.5. The van der Waals surface area contributed by atoms with Gasteiger partial charge in [-0.1, -0.05) is 0 Å². The molecular formula is C15H18N2O4. The lowest BCUT2D eigenvalue weighted by Gasteiger charge is -2.19. The van der Waals surface area contributed by atoms with Crippen LogP contribution in [0.5, 0.6) is 5.75 Å². The van der Waals surface area contributed by atoms with Crippen LogP contribution in [0.1, 0.15) is 36.7 Å². The molecule has 0 heterocycles. The number of nitriles is 1. The SMILES string of the molecule is CC(C)(C)OC(=O)NCCOc1cc(C#N)ccc1C=O. The number of rotatable bonds is 5. The Morgan fingerprint density at radius 1 is 1.43 bits per heavy atom. The number of carbonyl (C=O) groups is 2. The molecule has 0 aromatic heterocycles. The van der Waals surface area contributed by atoms with Gasteiger partial charge >= 0.3 is 6.09 Å². The van der Waals surface area contributed by atoms with Gasteiger partial charge in [-0.3, -0.25) is 4.79 Å². The van der Waals surface area contributed by atoms with Crippen molar-refractivity contribution in [3.05, 3.63) is 29.3 Å². The lowest BCUT2D eigenvalue weighted by Crippen LogP contribution is -2.34. The van der Waals surface area contributed by atoms with Crippen LogP contribution in [0.4, 0.5) is 4.79 Å². The standard InChI is InChI=1S/C15H18N2O4/c1-15(2,3)21-14(19)17-6-7-20-13-8-11(9-16)4-5-12(13)10-18/h4-5,8,10H,6-7H2,1-3H3,(H,17,19). The molecule has 112 valence electrons. The van der Waals surface area contributed by atoms with E-state index in [0.29, 0.717) is 23.2 Å². The van der Waals surface area contributed by atoms with E-state index in [1.54, 1.807) is 20.8 Å². The first-order valence-corrected chi connectivity index (χ1v) is 6.44. The van der Waals surface area contributed by atoms with Gasteiger partial charge in [0, 0.05) is 0 Å². The molecule has 0 atom stereocenters. The van der Waals surface area contributed by atoms with E-state index in [2.05, 4.69) is 5.32 Å². The average molecular weight is 290 g/mol. The van der Waals surface area contributed by atoms with Crippen molar-refractivity contribution in [3.63, 3.8) is 0 Å². The zero-order valence-corrected chi connectivity index (χ0v) is 12.3. The van der Waals surface area contributed by atoms with Crippen LogP contribution < -0.4 is 10.1 Å². The second kappa shape index (κ2) is 7.29. The number of hydrogen-bond donors (Lipinski definition) is 1. The minimum atomic E-state index is -0.559. The zero-order valence-electron chi connectivity index (χ0n) is 12.3. The Hall–Kier alpha value is -2.55. The summed E-state index contributed by atoms with van der Waals surface area (Å²) in [6, 6.07) is 6.50. The smallest absolute Gasteiger partial charge is 0.407 e. The lowest BCUT2D eigenvalue weighted by molar-refractivity contribution is 0.0520. The Balaban J connectivity index is 2.48. The highest BCUT2D eigenvalue weighted by molar-refractivity contribution is 5.79. The van der Waals surface area contributed by atoms with E-state index in [-0.39, 0.29) is 13.2 Å². The summed E-state index contributed by atoms with van der Waals surface area (Å²) in [6.07, 6.45) is 0.116. The molecule has 0 saturated heterocycles. The molecule has 0 aliphatic rings. The van der Waals surface area contributed by atoms with Gasteiger partial charge in [0.05, 0.1) is 23.7 Å². The minimum Gasteiger partial charge on any atom is -0.491 e. The summed E-state index contributed by atoms with van der Waals surface area (Å²) in [7, 11) is 0. The van der Waals surface area contributed by atoms with E-state index < -0.39 is 11.7 Å². The third-order valence-electron chi connectivity index (χ3n) is 2.30. The molecule has 1 aromatic rings. The van der Waals surface area contributed by atoms with Crippen LogP contribution in [-0.4, -0.2) is 31.1 Å². The molecule has 1 rings (SSSR count).